The smallest absolute Gasteiger partial charge is 0.0830 e. The molecule has 1 atom stereocenters. The molecule has 0 heterocycles. The lowest BCUT2D eigenvalue weighted by Gasteiger charge is -2.24. The fraction of sp³-hybridized carbons (Fsp3) is 0.600. The van der Waals surface area contributed by atoms with Crippen LogP contribution in [0.4, 0.5) is 0 Å². The Labute approximate surface area is 105 Å². The van der Waals surface area contributed by atoms with Crippen LogP contribution in [0.15, 0.2) is 24.3 Å². The predicted molar refractivity (Wildman–Crippen MR) is 72.9 cm³/mol. The third-order valence-electron chi connectivity index (χ3n) is 3.91. The summed E-state index contributed by atoms with van der Waals surface area (Å²) in [7, 11) is 4.03. The number of hydrogen-bond acceptors (Lipinski definition) is 2. The topological polar surface area (TPSA) is 29.3 Å². The monoisotopic (exact) mass is 232 g/mol. The van der Waals surface area contributed by atoms with Crippen molar-refractivity contribution in [1.29, 1.82) is 0 Å². The van der Waals surface area contributed by atoms with Crippen molar-refractivity contribution in [3.8, 4) is 0 Å². The summed E-state index contributed by atoms with van der Waals surface area (Å²) < 4.78 is 0. The fourth-order valence-electron chi connectivity index (χ4n) is 2.70. The van der Waals surface area contributed by atoms with Gasteiger partial charge in [0.2, 0.25) is 0 Å². The van der Waals surface area contributed by atoms with E-state index < -0.39 is 0 Å². The summed E-state index contributed by atoms with van der Waals surface area (Å²) in [5, 5.41) is 0. The van der Waals surface area contributed by atoms with Gasteiger partial charge in [-0.25, -0.2) is 0 Å². The van der Waals surface area contributed by atoms with Gasteiger partial charge >= 0.3 is 0 Å². The molecule has 1 aromatic carbocycles. The maximum absolute atomic E-state index is 6.09. The number of nitrogens with zero attached hydrogens (tertiary/aromatic N) is 1. The van der Waals surface area contributed by atoms with Crippen LogP contribution >= 0.6 is 0 Å². The molecule has 1 aliphatic rings. The zero-order chi connectivity index (χ0) is 12.3. The van der Waals surface area contributed by atoms with Crippen LogP contribution in [-0.4, -0.2) is 19.0 Å². The Morgan fingerprint density at radius 1 is 1.06 bits per heavy atom. The Kier molecular flexibility index (Phi) is 4.19. The first-order valence-electron chi connectivity index (χ1n) is 6.70. The molecule has 1 aliphatic carbocycles. The van der Waals surface area contributed by atoms with Gasteiger partial charge in [-0.1, -0.05) is 43.5 Å². The van der Waals surface area contributed by atoms with Crippen molar-refractivity contribution in [3.63, 3.8) is 0 Å². The molecule has 1 unspecified atom stereocenters. The summed E-state index contributed by atoms with van der Waals surface area (Å²) in [5.41, 5.74) is 8.79. The van der Waals surface area contributed by atoms with E-state index >= 15 is 0 Å². The van der Waals surface area contributed by atoms with Crippen molar-refractivity contribution in [1.82, 2.24) is 4.90 Å². The molecule has 0 radical (unpaired) electrons. The first-order valence-corrected chi connectivity index (χ1v) is 6.70. The van der Waals surface area contributed by atoms with Gasteiger partial charge in [-0.2, -0.15) is 0 Å². The standard InChI is InChI=1S/C15H24N2/c1-17(2)15(16)14-10-8-13(9-11-14)12-6-4-3-5-7-12/h8-12,15H,3-7,16H2,1-2H3. The van der Waals surface area contributed by atoms with E-state index in [0.29, 0.717) is 0 Å². The third-order valence-corrected chi connectivity index (χ3v) is 3.91. The van der Waals surface area contributed by atoms with Crippen molar-refractivity contribution >= 4 is 0 Å². The van der Waals surface area contributed by atoms with Crippen LogP contribution in [0.2, 0.25) is 0 Å². The van der Waals surface area contributed by atoms with Crippen LogP contribution in [0, 0.1) is 0 Å². The van der Waals surface area contributed by atoms with Crippen LogP contribution in [0.5, 0.6) is 0 Å². The van der Waals surface area contributed by atoms with E-state index in [2.05, 4.69) is 24.3 Å². The maximum Gasteiger partial charge on any atom is 0.0830 e. The predicted octanol–water partition coefficient (Wildman–Crippen LogP) is 3.25. The average molecular weight is 232 g/mol. The number of benzene rings is 1. The number of hydrogen-bond donors (Lipinski definition) is 1. The Morgan fingerprint density at radius 3 is 2.18 bits per heavy atom. The van der Waals surface area contributed by atoms with Gasteiger partial charge in [-0.15, -0.1) is 0 Å². The van der Waals surface area contributed by atoms with Crippen LogP contribution in [0.3, 0.4) is 0 Å². The largest absolute Gasteiger partial charge is 0.312 e. The summed E-state index contributed by atoms with van der Waals surface area (Å²) in [6, 6.07) is 8.92. The van der Waals surface area contributed by atoms with Crippen molar-refractivity contribution in [2.75, 3.05) is 14.1 Å². The van der Waals surface area contributed by atoms with Crippen molar-refractivity contribution in [2.45, 2.75) is 44.2 Å². The molecule has 1 saturated carbocycles. The third kappa shape index (κ3) is 3.08. The lowest BCUT2D eigenvalue weighted by atomic mass is 9.84. The second-order valence-electron chi connectivity index (χ2n) is 5.41. The minimum Gasteiger partial charge on any atom is -0.312 e. The molecular formula is C15H24N2. The number of rotatable bonds is 3. The van der Waals surface area contributed by atoms with Crippen LogP contribution in [0.1, 0.15) is 55.3 Å². The highest BCUT2D eigenvalue weighted by Crippen LogP contribution is 2.32. The minimum atomic E-state index is 0.00964. The van der Waals surface area contributed by atoms with E-state index in [1.54, 1.807) is 0 Å². The van der Waals surface area contributed by atoms with Gasteiger partial charge in [0, 0.05) is 0 Å². The van der Waals surface area contributed by atoms with E-state index in [1.165, 1.54) is 43.2 Å². The lowest BCUT2D eigenvalue weighted by Crippen LogP contribution is -2.27. The van der Waals surface area contributed by atoms with E-state index in [4.69, 9.17) is 5.73 Å². The molecule has 1 fully saturated rings. The summed E-state index contributed by atoms with van der Waals surface area (Å²) in [5.74, 6) is 0.786. The first kappa shape index (κ1) is 12.6. The average Bonchev–Trinajstić information content (AvgIpc) is 2.39. The molecule has 2 nitrogen and oxygen atoms in total. The van der Waals surface area contributed by atoms with Gasteiger partial charge in [0.15, 0.2) is 0 Å². The zero-order valence-corrected chi connectivity index (χ0v) is 11.0. The Balaban J connectivity index is 2.06. The van der Waals surface area contributed by atoms with Gasteiger partial charge in [-0.3, -0.25) is 4.90 Å². The second kappa shape index (κ2) is 5.65. The van der Waals surface area contributed by atoms with Crippen molar-refractivity contribution in [2.24, 2.45) is 5.73 Å². The molecule has 2 N–H and O–H groups in total. The van der Waals surface area contributed by atoms with Crippen LogP contribution < -0.4 is 5.73 Å². The van der Waals surface area contributed by atoms with Crippen molar-refractivity contribution < 1.29 is 0 Å². The Bertz CT molecular complexity index is 336. The summed E-state index contributed by atoms with van der Waals surface area (Å²) in [4.78, 5) is 2.04. The summed E-state index contributed by atoms with van der Waals surface area (Å²) in [6.07, 6.45) is 6.93. The summed E-state index contributed by atoms with van der Waals surface area (Å²) >= 11 is 0. The van der Waals surface area contributed by atoms with E-state index in [1.807, 2.05) is 19.0 Å². The molecule has 0 aromatic heterocycles. The van der Waals surface area contributed by atoms with Gasteiger partial charge < -0.3 is 5.73 Å². The molecule has 2 heteroatoms. The lowest BCUT2D eigenvalue weighted by molar-refractivity contribution is 0.307. The number of nitrogens with two attached hydrogens (primary N) is 1. The quantitative estimate of drug-likeness (QED) is 0.811. The van der Waals surface area contributed by atoms with E-state index in [0.717, 1.165) is 5.92 Å². The maximum atomic E-state index is 6.09. The van der Waals surface area contributed by atoms with E-state index in [-0.39, 0.29) is 6.17 Å². The van der Waals surface area contributed by atoms with Gasteiger partial charge in [0.25, 0.3) is 0 Å². The van der Waals surface area contributed by atoms with Crippen molar-refractivity contribution in [3.05, 3.63) is 35.4 Å². The molecule has 2 rings (SSSR count). The van der Waals surface area contributed by atoms with Crippen LogP contribution in [-0.2, 0) is 0 Å². The van der Waals surface area contributed by atoms with Gasteiger partial charge in [0.05, 0.1) is 6.17 Å². The molecule has 0 aliphatic heterocycles. The Morgan fingerprint density at radius 2 is 1.65 bits per heavy atom. The normalized spacial score (nSPS) is 19.5. The molecule has 0 amide bonds. The van der Waals surface area contributed by atoms with Crippen LogP contribution in [0.25, 0.3) is 0 Å². The van der Waals surface area contributed by atoms with Gasteiger partial charge in [0.1, 0.15) is 0 Å². The summed E-state index contributed by atoms with van der Waals surface area (Å²) in [6.45, 7) is 0. The minimum absolute atomic E-state index is 0.00964. The molecular weight excluding hydrogens is 208 g/mol. The molecule has 1 aromatic rings. The molecule has 17 heavy (non-hydrogen) atoms. The fourth-order valence-corrected chi connectivity index (χ4v) is 2.70. The Hall–Kier alpha value is -0.860. The molecule has 0 bridgehead atoms. The SMILES string of the molecule is CN(C)C(N)c1ccc(C2CCCCC2)cc1. The highest BCUT2D eigenvalue weighted by molar-refractivity contribution is 5.27. The van der Waals surface area contributed by atoms with E-state index in [9.17, 15) is 0 Å². The first-order chi connectivity index (χ1) is 8.18. The molecule has 0 saturated heterocycles. The zero-order valence-electron chi connectivity index (χ0n) is 11.0. The molecule has 0 spiro atoms. The highest BCUT2D eigenvalue weighted by atomic mass is 15.2. The highest BCUT2D eigenvalue weighted by Gasteiger charge is 2.16. The molecule has 94 valence electrons. The second-order valence-corrected chi connectivity index (χ2v) is 5.41. The van der Waals surface area contributed by atoms with Gasteiger partial charge in [-0.05, 0) is 44.0 Å².